The maximum absolute atomic E-state index is 11.7. The number of morpholine rings is 1. The summed E-state index contributed by atoms with van der Waals surface area (Å²) in [6.07, 6.45) is 2.88. The van der Waals surface area contributed by atoms with Gasteiger partial charge < -0.3 is 20.7 Å². The zero-order valence-electron chi connectivity index (χ0n) is 16.5. The molecule has 3 N–H and O–H groups in total. The van der Waals surface area contributed by atoms with Crippen molar-refractivity contribution in [3.05, 3.63) is 70.4 Å². The van der Waals surface area contributed by atoms with Crippen LogP contribution in [0.25, 0.3) is 33.4 Å². The van der Waals surface area contributed by atoms with E-state index in [4.69, 9.17) is 15.5 Å². The lowest BCUT2D eigenvalue weighted by molar-refractivity contribution is -0.862. The molecule has 3 aromatic heterocycles. The standard InChI is InChI=1S/C22H19BrN6O2/c23-15-3-1-2-13(8-15)16-9-18(28-22-20(16)21(24)26-12-27-22)14-4-5-17(25-10-14)19-11-29(30)6-7-31-19/h1-5,8-10,12,19,29H,6-7,11H2,(H2,24,26,27,28). The number of nitrogens with one attached hydrogen (secondary N) is 1. The van der Waals surface area contributed by atoms with Crippen LogP contribution in [0.3, 0.4) is 0 Å². The van der Waals surface area contributed by atoms with Crippen LogP contribution in [0.4, 0.5) is 5.82 Å². The molecule has 156 valence electrons. The molecule has 2 atom stereocenters. The van der Waals surface area contributed by atoms with E-state index in [-0.39, 0.29) is 11.2 Å². The number of pyridine rings is 2. The lowest BCUT2D eigenvalue weighted by atomic mass is 10.00. The van der Waals surface area contributed by atoms with Crippen molar-refractivity contribution in [2.24, 2.45) is 0 Å². The van der Waals surface area contributed by atoms with Gasteiger partial charge in [-0.2, -0.15) is 0 Å². The van der Waals surface area contributed by atoms with Crippen LogP contribution in [0.1, 0.15) is 11.8 Å². The quantitative estimate of drug-likeness (QED) is 0.434. The van der Waals surface area contributed by atoms with Crippen LogP contribution in [0.2, 0.25) is 0 Å². The van der Waals surface area contributed by atoms with E-state index in [1.165, 1.54) is 6.33 Å². The van der Waals surface area contributed by atoms with Crippen molar-refractivity contribution in [3.63, 3.8) is 0 Å². The second-order valence-electron chi connectivity index (χ2n) is 7.35. The molecule has 4 heterocycles. The van der Waals surface area contributed by atoms with Gasteiger partial charge in [-0.15, -0.1) is 0 Å². The second kappa shape index (κ2) is 8.27. The molecule has 2 unspecified atom stereocenters. The first-order valence-corrected chi connectivity index (χ1v) is 10.6. The Morgan fingerprint density at radius 3 is 2.77 bits per heavy atom. The number of halogens is 1. The molecule has 1 fully saturated rings. The molecule has 0 radical (unpaired) electrons. The highest BCUT2D eigenvalue weighted by atomic mass is 79.9. The van der Waals surface area contributed by atoms with Crippen molar-refractivity contribution in [2.75, 3.05) is 25.4 Å². The maximum atomic E-state index is 11.7. The van der Waals surface area contributed by atoms with Crippen LogP contribution >= 0.6 is 15.9 Å². The molecule has 1 saturated heterocycles. The fraction of sp³-hybridized carbons (Fsp3) is 0.182. The predicted molar refractivity (Wildman–Crippen MR) is 121 cm³/mol. The van der Waals surface area contributed by atoms with Gasteiger partial charge >= 0.3 is 0 Å². The fourth-order valence-corrected chi connectivity index (χ4v) is 4.14. The average molecular weight is 479 g/mol. The number of aromatic nitrogens is 4. The molecular formula is C22H19BrN6O2. The first kappa shape index (κ1) is 20.0. The minimum absolute atomic E-state index is 0.203. The molecular weight excluding hydrogens is 460 g/mol. The van der Waals surface area contributed by atoms with Crippen molar-refractivity contribution in [1.82, 2.24) is 19.9 Å². The summed E-state index contributed by atoms with van der Waals surface area (Å²) in [7, 11) is 0. The van der Waals surface area contributed by atoms with Crippen LogP contribution < -0.4 is 10.8 Å². The Bertz CT molecular complexity index is 1250. The summed E-state index contributed by atoms with van der Waals surface area (Å²) in [5, 5.41) is 12.7. The van der Waals surface area contributed by atoms with Gasteiger partial charge in [0.05, 0.1) is 23.4 Å². The van der Waals surface area contributed by atoms with E-state index >= 15 is 0 Å². The molecule has 8 nitrogen and oxygen atoms in total. The Morgan fingerprint density at radius 2 is 2.00 bits per heavy atom. The van der Waals surface area contributed by atoms with Gasteiger partial charge in [-0.1, -0.05) is 28.1 Å². The Hall–Kier alpha value is -2.98. The Morgan fingerprint density at radius 1 is 1.10 bits per heavy atom. The minimum atomic E-state index is -0.287. The highest BCUT2D eigenvalue weighted by Gasteiger charge is 2.22. The average Bonchev–Trinajstić information content (AvgIpc) is 2.79. The lowest BCUT2D eigenvalue weighted by Crippen LogP contribution is -3.09. The van der Waals surface area contributed by atoms with E-state index in [1.54, 1.807) is 6.20 Å². The second-order valence-corrected chi connectivity index (χ2v) is 8.26. The van der Waals surface area contributed by atoms with Crippen molar-refractivity contribution in [3.8, 4) is 22.4 Å². The number of hydroxylamine groups is 2. The van der Waals surface area contributed by atoms with E-state index < -0.39 is 0 Å². The third kappa shape index (κ3) is 4.00. The Labute approximate surface area is 186 Å². The molecule has 0 bridgehead atoms. The largest absolute Gasteiger partial charge is 0.634 e. The van der Waals surface area contributed by atoms with Crippen LogP contribution in [-0.2, 0) is 4.74 Å². The van der Waals surface area contributed by atoms with E-state index in [0.29, 0.717) is 36.5 Å². The molecule has 5 rings (SSSR count). The van der Waals surface area contributed by atoms with Gasteiger partial charge in [-0.25, -0.2) is 15.0 Å². The maximum Gasteiger partial charge on any atom is 0.165 e. The monoisotopic (exact) mass is 478 g/mol. The summed E-state index contributed by atoms with van der Waals surface area (Å²) < 4.78 is 6.66. The van der Waals surface area contributed by atoms with Gasteiger partial charge in [0.15, 0.2) is 5.65 Å². The number of rotatable bonds is 3. The van der Waals surface area contributed by atoms with Gasteiger partial charge in [-0.05, 0) is 41.5 Å². The number of hydrogen-bond donors (Lipinski definition) is 2. The summed E-state index contributed by atoms with van der Waals surface area (Å²) in [5.74, 6) is 0.381. The number of nitrogens with zero attached hydrogens (tertiary/aromatic N) is 4. The van der Waals surface area contributed by atoms with Crippen LogP contribution in [-0.4, -0.2) is 39.6 Å². The molecule has 9 heteroatoms. The van der Waals surface area contributed by atoms with Gasteiger partial charge in [0, 0.05) is 16.2 Å². The summed E-state index contributed by atoms with van der Waals surface area (Å²) >= 11 is 3.53. The minimum Gasteiger partial charge on any atom is -0.634 e. The highest BCUT2D eigenvalue weighted by Crippen LogP contribution is 2.34. The highest BCUT2D eigenvalue weighted by molar-refractivity contribution is 9.10. The van der Waals surface area contributed by atoms with Crippen LogP contribution in [0, 0.1) is 5.21 Å². The molecule has 0 spiro atoms. The number of hydrogen-bond acceptors (Lipinski definition) is 7. The van der Waals surface area contributed by atoms with Gasteiger partial charge in [0.25, 0.3) is 0 Å². The first-order chi connectivity index (χ1) is 15.1. The van der Waals surface area contributed by atoms with Crippen LogP contribution in [0.5, 0.6) is 0 Å². The summed E-state index contributed by atoms with van der Waals surface area (Å²) in [6.45, 7) is 1.28. The Balaban J connectivity index is 1.59. The number of quaternary nitrogens is 1. The third-order valence-electron chi connectivity index (χ3n) is 5.29. The molecule has 4 aromatic rings. The molecule has 1 aliphatic rings. The van der Waals surface area contributed by atoms with Crippen molar-refractivity contribution >= 4 is 32.8 Å². The van der Waals surface area contributed by atoms with Crippen molar-refractivity contribution < 1.29 is 9.80 Å². The van der Waals surface area contributed by atoms with E-state index in [9.17, 15) is 5.21 Å². The van der Waals surface area contributed by atoms with Gasteiger partial charge in [-0.3, -0.25) is 4.98 Å². The molecule has 31 heavy (non-hydrogen) atoms. The normalized spacial score (nSPS) is 18.9. The van der Waals surface area contributed by atoms with Crippen molar-refractivity contribution in [2.45, 2.75) is 6.10 Å². The number of fused-ring (bicyclic) bond motifs is 1. The zero-order valence-corrected chi connectivity index (χ0v) is 18.0. The number of benzene rings is 1. The van der Waals surface area contributed by atoms with Gasteiger partial charge in [0.2, 0.25) is 0 Å². The molecule has 1 aliphatic heterocycles. The summed E-state index contributed by atoms with van der Waals surface area (Å²) in [4.78, 5) is 17.7. The number of anilines is 1. The predicted octanol–water partition coefficient (Wildman–Crippen LogP) is 2.55. The van der Waals surface area contributed by atoms with Crippen LogP contribution in [0.15, 0.2) is 59.5 Å². The fourth-order valence-electron chi connectivity index (χ4n) is 3.74. The molecule has 0 amide bonds. The smallest absolute Gasteiger partial charge is 0.165 e. The van der Waals surface area contributed by atoms with E-state index in [2.05, 4.69) is 30.9 Å². The first-order valence-electron chi connectivity index (χ1n) is 9.85. The number of ether oxygens (including phenoxy) is 1. The SMILES string of the molecule is Nc1ncnc2nc(-c3ccc(C4C[NH+]([O-])CCO4)nc3)cc(-c3cccc(Br)c3)c12. The third-order valence-corrected chi connectivity index (χ3v) is 5.79. The van der Waals surface area contributed by atoms with Gasteiger partial charge in [0.1, 0.15) is 31.3 Å². The number of nitrogens with two attached hydrogens (primary N) is 1. The molecule has 0 aliphatic carbocycles. The van der Waals surface area contributed by atoms with E-state index in [0.717, 1.165) is 32.6 Å². The number of nitrogen functional groups attached to an aromatic ring is 1. The van der Waals surface area contributed by atoms with Crippen molar-refractivity contribution in [1.29, 1.82) is 0 Å². The summed E-state index contributed by atoms with van der Waals surface area (Å²) in [5.41, 5.74) is 10.9. The Kier molecular flexibility index (Phi) is 5.33. The van der Waals surface area contributed by atoms with E-state index in [1.807, 2.05) is 42.5 Å². The topological polar surface area (TPSA) is 114 Å². The lowest BCUT2D eigenvalue weighted by Gasteiger charge is -2.31. The molecule has 0 saturated carbocycles. The summed E-state index contributed by atoms with van der Waals surface area (Å²) in [6, 6.07) is 13.8. The molecule has 1 aromatic carbocycles. The zero-order chi connectivity index (χ0) is 21.4.